The molecule has 8 nitrogen and oxygen atoms in total. The quantitative estimate of drug-likeness (QED) is 0.577. The standard InChI is InChI=1S/C21H16N6O2/c22-8-15-10-25-27-11-16(28)7-18(21(15)27)14-4-5-19(24-9-14)26-12-17(13-26)29-20-3-1-2-6-23-20/h1-7,9-11,17,28H,12-13H2. The normalized spacial score (nSPS) is 13.8. The van der Waals surface area contributed by atoms with E-state index < -0.39 is 0 Å². The van der Waals surface area contributed by atoms with E-state index in [1.165, 1.54) is 16.9 Å². The van der Waals surface area contributed by atoms with Crippen LogP contribution in [-0.4, -0.2) is 43.9 Å². The summed E-state index contributed by atoms with van der Waals surface area (Å²) in [6.07, 6.45) is 6.50. The van der Waals surface area contributed by atoms with E-state index in [4.69, 9.17) is 4.74 Å². The molecule has 0 saturated carbocycles. The van der Waals surface area contributed by atoms with E-state index in [0.29, 0.717) is 22.5 Å². The lowest BCUT2D eigenvalue weighted by molar-refractivity contribution is 0.160. The summed E-state index contributed by atoms with van der Waals surface area (Å²) in [6.45, 7) is 1.47. The molecule has 5 heterocycles. The van der Waals surface area contributed by atoms with Crippen LogP contribution in [0.15, 0.2) is 61.2 Å². The molecule has 4 aromatic heterocycles. The van der Waals surface area contributed by atoms with Crippen molar-refractivity contribution in [1.82, 2.24) is 19.6 Å². The van der Waals surface area contributed by atoms with Gasteiger partial charge in [0.25, 0.3) is 0 Å². The van der Waals surface area contributed by atoms with Crippen molar-refractivity contribution >= 4 is 11.3 Å². The third-order valence-electron chi connectivity index (χ3n) is 4.87. The zero-order chi connectivity index (χ0) is 19.8. The van der Waals surface area contributed by atoms with Crippen molar-refractivity contribution in [2.45, 2.75) is 6.10 Å². The summed E-state index contributed by atoms with van der Waals surface area (Å²) in [5.74, 6) is 1.55. The Balaban J connectivity index is 1.35. The third kappa shape index (κ3) is 3.08. The number of aromatic hydroxyl groups is 1. The van der Waals surface area contributed by atoms with Gasteiger partial charge in [-0.1, -0.05) is 6.07 Å². The summed E-state index contributed by atoms with van der Waals surface area (Å²) in [5.41, 5.74) is 2.60. The molecule has 0 radical (unpaired) electrons. The van der Waals surface area contributed by atoms with Crippen molar-refractivity contribution in [2.75, 3.05) is 18.0 Å². The second-order valence-electron chi connectivity index (χ2n) is 6.79. The lowest BCUT2D eigenvalue weighted by Gasteiger charge is -2.39. The molecule has 1 fully saturated rings. The van der Waals surface area contributed by atoms with Crippen LogP contribution in [0, 0.1) is 11.3 Å². The summed E-state index contributed by atoms with van der Waals surface area (Å²) < 4.78 is 7.33. The van der Waals surface area contributed by atoms with Crippen LogP contribution in [0.25, 0.3) is 16.6 Å². The minimum Gasteiger partial charge on any atom is -0.506 e. The minimum atomic E-state index is 0.0708. The van der Waals surface area contributed by atoms with Crippen LogP contribution in [0.3, 0.4) is 0 Å². The maximum Gasteiger partial charge on any atom is 0.213 e. The molecule has 1 saturated heterocycles. The third-order valence-corrected chi connectivity index (χ3v) is 4.87. The summed E-state index contributed by atoms with van der Waals surface area (Å²) in [7, 11) is 0. The van der Waals surface area contributed by atoms with Crippen molar-refractivity contribution in [3.63, 3.8) is 0 Å². The monoisotopic (exact) mass is 384 g/mol. The first-order valence-electron chi connectivity index (χ1n) is 9.11. The number of pyridine rings is 3. The van der Waals surface area contributed by atoms with Crippen LogP contribution < -0.4 is 9.64 Å². The molecule has 0 unspecified atom stereocenters. The maximum absolute atomic E-state index is 10.0. The Morgan fingerprint density at radius 1 is 1.14 bits per heavy atom. The van der Waals surface area contributed by atoms with Crippen LogP contribution in [0.2, 0.25) is 0 Å². The van der Waals surface area contributed by atoms with Crippen molar-refractivity contribution in [3.8, 4) is 28.8 Å². The maximum atomic E-state index is 10.0. The first-order valence-corrected chi connectivity index (χ1v) is 9.11. The highest BCUT2D eigenvalue weighted by Gasteiger charge is 2.29. The van der Waals surface area contributed by atoms with Gasteiger partial charge in [0.1, 0.15) is 23.7 Å². The molecule has 0 bridgehead atoms. The fourth-order valence-electron chi connectivity index (χ4n) is 3.43. The molecule has 1 N–H and O–H groups in total. The van der Waals surface area contributed by atoms with Gasteiger partial charge in [-0.3, -0.25) is 0 Å². The molecule has 0 spiro atoms. The van der Waals surface area contributed by atoms with Gasteiger partial charge in [-0.25, -0.2) is 14.5 Å². The number of nitriles is 1. The number of anilines is 1. The number of ether oxygens (including phenoxy) is 1. The zero-order valence-electron chi connectivity index (χ0n) is 15.3. The Morgan fingerprint density at radius 3 is 2.76 bits per heavy atom. The Morgan fingerprint density at radius 2 is 2.03 bits per heavy atom. The molecular weight excluding hydrogens is 368 g/mol. The van der Waals surface area contributed by atoms with E-state index in [2.05, 4.69) is 26.0 Å². The van der Waals surface area contributed by atoms with E-state index in [1.54, 1.807) is 18.5 Å². The van der Waals surface area contributed by atoms with Gasteiger partial charge in [-0.2, -0.15) is 10.4 Å². The first kappa shape index (κ1) is 17.0. The molecule has 142 valence electrons. The van der Waals surface area contributed by atoms with Crippen molar-refractivity contribution in [3.05, 3.63) is 66.7 Å². The van der Waals surface area contributed by atoms with E-state index in [1.807, 2.05) is 30.3 Å². The molecule has 1 aliphatic heterocycles. The number of hydrogen-bond acceptors (Lipinski definition) is 7. The fourth-order valence-corrected chi connectivity index (χ4v) is 3.43. The highest BCUT2D eigenvalue weighted by molar-refractivity contribution is 5.85. The molecule has 5 rings (SSSR count). The van der Waals surface area contributed by atoms with Gasteiger partial charge in [0.2, 0.25) is 5.88 Å². The summed E-state index contributed by atoms with van der Waals surface area (Å²) in [6, 6.07) is 13.2. The number of rotatable bonds is 4. The van der Waals surface area contributed by atoms with Crippen LogP contribution in [0.5, 0.6) is 11.6 Å². The Kier molecular flexibility index (Phi) is 3.99. The highest BCUT2D eigenvalue weighted by atomic mass is 16.5. The number of nitrogens with zero attached hydrogens (tertiary/aromatic N) is 6. The van der Waals surface area contributed by atoms with E-state index in [0.717, 1.165) is 24.5 Å². The fraction of sp³-hybridized carbons (Fsp3) is 0.143. The van der Waals surface area contributed by atoms with Crippen molar-refractivity contribution < 1.29 is 9.84 Å². The van der Waals surface area contributed by atoms with E-state index >= 15 is 0 Å². The Hall–Kier alpha value is -4.12. The molecular formula is C21H16N6O2. The summed E-state index contributed by atoms with van der Waals surface area (Å²) in [5, 5.41) is 23.5. The number of fused-ring (bicyclic) bond motifs is 1. The molecule has 0 amide bonds. The zero-order valence-corrected chi connectivity index (χ0v) is 15.3. The van der Waals surface area contributed by atoms with Gasteiger partial charge in [0, 0.05) is 29.6 Å². The second kappa shape index (κ2) is 6.80. The van der Waals surface area contributed by atoms with Crippen LogP contribution >= 0.6 is 0 Å². The van der Waals surface area contributed by atoms with E-state index in [9.17, 15) is 10.4 Å². The van der Waals surface area contributed by atoms with Crippen molar-refractivity contribution in [2.24, 2.45) is 0 Å². The highest BCUT2D eigenvalue weighted by Crippen LogP contribution is 2.31. The van der Waals surface area contributed by atoms with Gasteiger partial charge in [0.05, 0.1) is 36.6 Å². The van der Waals surface area contributed by atoms with Crippen molar-refractivity contribution in [1.29, 1.82) is 5.26 Å². The first-order chi connectivity index (χ1) is 14.2. The minimum absolute atomic E-state index is 0.0708. The van der Waals surface area contributed by atoms with Gasteiger partial charge in [0.15, 0.2) is 0 Å². The molecule has 4 aromatic rings. The SMILES string of the molecule is N#Cc1cnn2cc(O)cc(-c3ccc(N4CC(Oc5ccccn5)C4)nc3)c12. The second-order valence-corrected chi connectivity index (χ2v) is 6.79. The summed E-state index contributed by atoms with van der Waals surface area (Å²) >= 11 is 0. The van der Waals surface area contributed by atoms with Crippen LogP contribution in [0.1, 0.15) is 5.56 Å². The number of aromatic nitrogens is 4. The Bertz CT molecular complexity index is 1210. The lowest BCUT2D eigenvalue weighted by Crippen LogP contribution is -2.54. The van der Waals surface area contributed by atoms with Gasteiger partial charge < -0.3 is 14.7 Å². The Labute approximate surface area is 166 Å². The largest absolute Gasteiger partial charge is 0.506 e. The van der Waals surface area contributed by atoms with Crippen LogP contribution in [-0.2, 0) is 0 Å². The summed E-state index contributed by atoms with van der Waals surface area (Å²) in [4.78, 5) is 10.9. The van der Waals surface area contributed by atoms with E-state index in [-0.39, 0.29) is 11.9 Å². The predicted molar refractivity (Wildman–Crippen MR) is 106 cm³/mol. The predicted octanol–water partition coefficient (Wildman–Crippen LogP) is 2.64. The number of hydrogen-bond donors (Lipinski definition) is 1. The molecule has 29 heavy (non-hydrogen) atoms. The van der Waals surface area contributed by atoms with Gasteiger partial charge in [-0.15, -0.1) is 0 Å². The van der Waals surface area contributed by atoms with Gasteiger partial charge >= 0.3 is 0 Å². The smallest absolute Gasteiger partial charge is 0.213 e. The average Bonchev–Trinajstić information content (AvgIpc) is 3.13. The lowest BCUT2D eigenvalue weighted by atomic mass is 10.0. The van der Waals surface area contributed by atoms with Gasteiger partial charge in [-0.05, 0) is 24.3 Å². The molecule has 0 aliphatic carbocycles. The average molecular weight is 384 g/mol. The molecule has 0 aromatic carbocycles. The molecule has 8 heteroatoms. The van der Waals surface area contributed by atoms with Crippen LogP contribution in [0.4, 0.5) is 5.82 Å². The molecule has 1 aliphatic rings. The topological polar surface area (TPSA) is 99.6 Å². The molecule has 0 atom stereocenters.